The Labute approximate surface area is 300 Å². The van der Waals surface area contributed by atoms with Gasteiger partial charge in [0.15, 0.2) is 14.7 Å². The van der Waals surface area contributed by atoms with Crippen LogP contribution in [0.1, 0.15) is 100 Å². The van der Waals surface area contributed by atoms with E-state index in [0.29, 0.717) is 23.3 Å². The average Bonchev–Trinajstić information content (AvgIpc) is 3.05. The summed E-state index contributed by atoms with van der Waals surface area (Å²) in [5, 5.41) is 0. The van der Waals surface area contributed by atoms with Gasteiger partial charge in [-0.2, -0.15) is 0 Å². The maximum absolute atomic E-state index is 13.1. The van der Waals surface area contributed by atoms with E-state index in [0.717, 1.165) is 14.7 Å². The van der Waals surface area contributed by atoms with Crippen molar-refractivity contribution in [2.75, 3.05) is 20.8 Å². The van der Waals surface area contributed by atoms with Crippen LogP contribution in [0.5, 0.6) is 0 Å². The van der Waals surface area contributed by atoms with Crippen molar-refractivity contribution in [1.29, 1.82) is 0 Å². The van der Waals surface area contributed by atoms with E-state index < -0.39 is 63.9 Å². The summed E-state index contributed by atoms with van der Waals surface area (Å²) in [5.74, 6) is -1.46. The molecule has 0 saturated heterocycles. The molecule has 3 aromatic rings. The maximum Gasteiger partial charge on any atom is 0.340 e. The molecular formula is C40H53O9S+. The number of methoxy groups -OCH3 is 2. The molecule has 0 aliphatic heterocycles. The Balaban J connectivity index is 1.98. The molecule has 3 aromatic carbocycles. The summed E-state index contributed by atoms with van der Waals surface area (Å²) >= 11 is 0. The van der Waals surface area contributed by atoms with Crippen LogP contribution in [0.4, 0.5) is 0 Å². The summed E-state index contributed by atoms with van der Waals surface area (Å²) in [7, 11) is 2.33. The predicted molar refractivity (Wildman–Crippen MR) is 193 cm³/mol. The van der Waals surface area contributed by atoms with Gasteiger partial charge in [-0.3, -0.25) is 0 Å². The lowest BCUT2D eigenvalue weighted by Gasteiger charge is -2.29. The quantitative estimate of drug-likeness (QED) is 0.0746. The number of hydrogen-bond donors (Lipinski definition) is 0. The number of ether oxygens (including phenoxy) is 6. The third kappa shape index (κ3) is 10.9. The highest BCUT2D eigenvalue weighted by atomic mass is 32.2. The first-order valence-corrected chi connectivity index (χ1v) is 17.9. The number of esters is 3. The molecule has 50 heavy (non-hydrogen) atoms. The Kier molecular flexibility index (Phi) is 13.9. The monoisotopic (exact) mass is 709 g/mol. The molecule has 0 amide bonds. The predicted octanol–water partition coefficient (Wildman–Crippen LogP) is 8.70. The van der Waals surface area contributed by atoms with E-state index in [1.807, 2.05) is 106 Å². The molecule has 9 nitrogen and oxygen atoms in total. The fraction of sp³-hybridized carbons (Fsp3) is 0.475. The Morgan fingerprint density at radius 1 is 0.500 bits per heavy atom. The molecule has 3 rings (SSSR count). The van der Waals surface area contributed by atoms with Crippen LogP contribution >= 0.6 is 0 Å². The van der Waals surface area contributed by atoms with Gasteiger partial charge in [0.2, 0.25) is 18.9 Å². The van der Waals surface area contributed by atoms with Gasteiger partial charge in [-0.25, -0.2) is 14.4 Å². The fourth-order valence-electron chi connectivity index (χ4n) is 4.85. The van der Waals surface area contributed by atoms with Gasteiger partial charge in [0, 0.05) is 37.1 Å². The van der Waals surface area contributed by atoms with Crippen LogP contribution in [0.2, 0.25) is 0 Å². The first-order valence-electron chi connectivity index (χ1n) is 16.6. The molecule has 0 aliphatic carbocycles. The molecule has 0 saturated carbocycles. The van der Waals surface area contributed by atoms with Crippen LogP contribution in [-0.2, 0) is 39.3 Å². The molecule has 3 unspecified atom stereocenters. The highest BCUT2D eigenvalue weighted by Crippen LogP contribution is 2.33. The van der Waals surface area contributed by atoms with Crippen molar-refractivity contribution in [2.45, 2.75) is 103 Å². The van der Waals surface area contributed by atoms with E-state index in [-0.39, 0.29) is 0 Å². The van der Waals surface area contributed by atoms with E-state index in [9.17, 15) is 14.4 Å². The second-order valence-electron chi connectivity index (χ2n) is 15.1. The van der Waals surface area contributed by atoms with Crippen LogP contribution in [-0.4, -0.2) is 57.6 Å². The van der Waals surface area contributed by atoms with Crippen molar-refractivity contribution >= 4 is 28.8 Å². The largest absolute Gasteiger partial charge is 0.432 e. The normalized spacial score (nSPS) is 14.6. The lowest BCUT2D eigenvalue weighted by Crippen LogP contribution is -2.34. The third-order valence-corrected chi connectivity index (χ3v) is 9.72. The second kappa shape index (κ2) is 17.0. The zero-order valence-electron chi connectivity index (χ0n) is 31.4. The summed E-state index contributed by atoms with van der Waals surface area (Å²) in [6.07, 6.45) is -2.13. The number of benzene rings is 3. The van der Waals surface area contributed by atoms with E-state index in [1.165, 1.54) is 14.2 Å². The number of carbonyl (C=O) groups excluding carboxylic acids is 3. The SMILES string of the molecule is CCOC(OC(=O)c1ccc([S+](c2ccc(C(=O)OC(OC)C(C)(C)C)cc2)c2ccc(C(=O)OC(OC)C(C)(C)C)cc2)cc1)C(C)(C)C. The Morgan fingerprint density at radius 2 is 0.760 bits per heavy atom. The highest BCUT2D eigenvalue weighted by molar-refractivity contribution is 7.97. The van der Waals surface area contributed by atoms with Crippen molar-refractivity contribution in [1.82, 2.24) is 0 Å². The van der Waals surface area contributed by atoms with E-state index in [1.54, 1.807) is 36.4 Å². The average molecular weight is 710 g/mol. The van der Waals surface area contributed by atoms with Crippen LogP contribution in [0.15, 0.2) is 87.5 Å². The van der Waals surface area contributed by atoms with E-state index >= 15 is 0 Å². The van der Waals surface area contributed by atoms with Gasteiger partial charge >= 0.3 is 17.9 Å². The molecule has 0 bridgehead atoms. The van der Waals surface area contributed by atoms with Gasteiger partial charge in [-0.15, -0.1) is 0 Å². The molecule has 0 heterocycles. The van der Waals surface area contributed by atoms with Crippen LogP contribution in [0.3, 0.4) is 0 Å². The number of rotatable bonds is 13. The van der Waals surface area contributed by atoms with Crippen LogP contribution in [0.25, 0.3) is 0 Å². The molecule has 272 valence electrons. The lowest BCUT2D eigenvalue weighted by molar-refractivity contribution is -0.160. The van der Waals surface area contributed by atoms with Crippen molar-refractivity contribution in [3.05, 3.63) is 89.5 Å². The Hall–Kier alpha value is -3.70. The van der Waals surface area contributed by atoms with Crippen molar-refractivity contribution in [3.8, 4) is 0 Å². The number of carbonyl (C=O) groups is 3. The molecule has 0 N–H and O–H groups in total. The van der Waals surface area contributed by atoms with E-state index in [2.05, 4.69) is 0 Å². The van der Waals surface area contributed by atoms with Gasteiger partial charge < -0.3 is 28.4 Å². The molecular weight excluding hydrogens is 656 g/mol. The smallest absolute Gasteiger partial charge is 0.340 e. The second-order valence-corrected chi connectivity index (χ2v) is 17.1. The summed E-state index contributed by atoms with van der Waals surface area (Å²) < 4.78 is 33.5. The molecule has 10 heteroatoms. The van der Waals surface area contributed by atoms with Gasteiger partial charge in [0.05, 0.1) is 27.6 Å². The van der Waals surface area contributed by atoms with Crippen molar-refractivity contribution in [2.24, 2.45) is 16.2 Å². The zero-order chi connectivity index (χ0) is 37.4. The topological polar surface area (TPSA) is 107 Å². The molecule has 0 aromatic heterocycles. The minimum atomic E-state index is -0.713. The lowest BCUT2D eigenvalue weighted by atomic mass is 9.96. The first-order chi connectivity index (χ1) is 23.3. The fourth-order valence-corrected chi connectivity index (χ4v) is 6.90. The molecule has 0 spiro atoms. The van der Waals surface area contributed by atoms with Crippen molar-refractivity contribution in [3.63, 3.8) is 0 Å². The summed E-state index contributed by atoms with van der Waals surface area (Å²) in [5.41, 5.74) is -0.0448. The Morgan fingerprint density at radius 3 is 0.980 bits per heavy atom. The summed E-state index contributed by atoms with van der Waals surface area (Å²) in [6, 6.07) is 21.7. The summed E-state index contributed by atoms with van der Waals surface area (Å²) in [4.78, 5) is 41.9. The minimum absolute atomic E-state index is 0.383. The van der Waals surface area contributed by atoms with Gasteiger partial charge in [-0.1, -0.05) is 62.3 Å². The molecule has 0 aliphatic rings. The van der Waals surface area contributed by atoms with Gasteiger partial charge in [0.25, 0.3) is 0 Å². The standard InChI is InChI=1S/C40H53O9S/c1-13-46-37(40(8,9)10)49-34(43)28-18-24-31(25-19-28)50(29-20-14-26(15-21-29)32(41)47-35(44-11)38(2,3)4)30-22-16-27(17-23-30)33(42)48-36(45-12)39(5,6)7/h14-25,35-37H,13H2,1-12H3/q+1. The molecule has 0 fully saturated rings. The zero-order valence-corrected chi connectivity index (χ0v) is 32.3. The number of hydrogen-bond acceptors (Lipinski definition) is 9. The van der Waals surface area contributed by atoms with E-state index in [4.69, 9.17) is 28.4 Å². The molecule has 0 radical (unpaired) electrons. The first kappa shape index (κ1) is 40.7. The summed E-state index contributed by atoms with van der Waals surface area (Å²) in [6.45, 7) is 19.7. The van der Waals surface area contributed by atoms with Gasteiger partial charge in [-0.05, 0) is 79.7 Å². The third-order valence-electron chi connectivity index (χ3n) is 7.49. The van der Waals surface area contributed by atoms with Crippen molar-refractivity contribution < 1.29 is 42.8 Å². The van der Waals surface area contributed by atoms with Gasteiger partial charge in [0.1, 0.15) is 0 Å². The maximum atomic E-state index is 13.1. The Bertz CT molecular complexity index is 1480. The molecule has 3 atom stereocenters. The van der Waals surface area contributed by atoms with Crippen LogP contribution < -0.4 is 0 Å². The minimum Gasteiger partial charge on any atom is -0.432 e. The van der Waals surface area contributed by atoms with Crippen LogP contribution in [0, 0.1) is 16.2 Å². The highest BCUT2D eigenvalue weighted by Gasteiger charge is 2.34.